The fourth-order valence-electron chi connectivity index (χ4n) is 3.25. The van der Waals surface area contributed by atoms with Gasteiger partial charge in [-0.05, 0) is 42.2 Å². The van der Waals surface area contributed by atoms with Gasteiger partial charge < -0.3 is 10.1 Å². The van der Waals surface area contributed by atoms with Crippen LogP contribution in [0, 0.1) is 0 Å². The standard InChI is InChI=1S/C20H23N3O2/c1-25-10-9-21-12-14-5-6-16-13-23(20(24)17(16)11-14)19-4-2-3-18(22-19)15-7-8-15/h2-6,11,15,21H,7-10,12-13H2,1H3. The molecular formula is C20H23N3O2. The van der Waals surface area contributed by atoms with Crippen LogP contribution in [0.4, 0.5) is 5.82 Å². The maximum atomic E-state index is 12.9. The van der Waals surface area contributed by atoms with Gasteiger partial charge in [0.1, 0.15) is 5.82 Å². The van der Waals surface area contributed by atoms with Crippen molar-refractivity contribution in [1.29, 1.82) is 0 Å². The van der Waals surface area contributed by atoms with Crippen LogP contribution in [0.5, 0.6) is 0 Å². The molecule has 0 bridgehead atoms. The molecule has 4 rings (SSSR count). The summed E-state index contributed by atoms with van der Waals surface area (Å²) in [7, 11) is 1.69. The largest absolute Gasteiger partial charge is 0.383 e. The number of hydrogen-bond acceptors (Lipinski definition) is 4. The maximum Gasteiger partial charge on any atom is 0.260 e. The molecule has 1 amide bonds. The zero-order valence-electron chi connectivity index (χ0n) is 14.5. The highest BCUT2D eigenvalue weighted by Crippen LogP contribution is 2.40. The Hall–Kier alpha value is -2.24. The summed E-state index contributed by atoms with van der Waals surface area (Å²) in [4.78, 5) is 19.4. The number of nitrogens with zero attached hydrogens (tertiary/aromatic N) is 2. The van der Waals surface area contributed by atoms with Crippen LogP contribution < -0.4 is 10.2 Å². The Morgan fingerprint density at radius 2 is 2.16 bits per heavy atom. The Morgan fingerprint density at radius 3 is 2.96 bits per heavy atom. The van der Waals surface area contributed by atoms with E-state index < -0.39 is 0 Å². The molecule has 1 aliphatic heterocycles. The number of aromatic nitrogens is 1. The Morgan fingerprint density at radius 1 is 1.28 bits per heavy atom. The molecule has 1 aliphatic carbocycles. The van der Waals surface area contributed by atoms with E-state index in [4.69, 9.17) is 9.72 Å². The summed E-state index contributed by atoms with van der Waals surface area (Å²) in [6, 6.07) is 12.2. The highest BCUT2D eigenvalue weighted by atomic mass is 16.5. The smallest absolute Gasteiger partial charge is 0.260 e. The molecule has 5 heteroatoms. The number of pyridine rings is 1. The number of benzene rings is 1. The van der Waals surface area contributed by atoms with E-state index in [0.29, 0.717) is 19.1 Å². The lowest BCUT2D eigenvalue weighted by Gasteiger charge is -2.15. The summed E-state index contributed by atoms with van der Waals surface area (Å²) in [6.07, 6.45) is 2.42. The van der Waals surface area contributed by atoms with Crippen molar-refractivity contribution in [3.8, 4) is 0 Å². The van der Waals surface area contributed by atoms with E-state index in [9.17, 15) is 4.79 Å². The van der Waals surface area contributed by atoms with Gasteiger partial charge in [0.2, 0.25) is 0 Å². The zero-order valence-corrected chi connectivity index (χ0v) is 14.5. The number of carbonyl (C=O) groups is 1. The number of nitrogens with one attached hydrogen (secondary N) is 1. The van der Waals surface area contributed by atoms with Crippen molar-refractivity contribution in [3.63, 3.8) is 0 Å². The zero-order chi connectivity index (χ0) is 17.2. The van der Waals surface area contributed by atoms with Gasteiger partial charge in [0, 0.05) is 37.4 Å². The van der Waals surface area contributed by atoms with E-state index in [1.807, 2.05) is 18.2 Å². The highest BCUT2D eigenvalue weighted by Gasteiger charge is 2.31. The van der Waals surface area contributed by atoms with Gasteiger partial charge in [0.25, 0.3) is 5.91 Å². The van der Waals surface area contributed by atoms with Crippen LogP contribution >= 0.6 is 0 Å². The van der Waals surface area contributed by atoms with Crippen molar-refractivity contribution < 1.29 is 9.53 Å². The first-order valence-electron chi connectivity index (χ1n) is 8.86. The van der Waals surface area contributed by atoms with Crippen molar-refractivity contribution >= 4 is 11.7 Å². The highest BCUT2D eigenvalue weighted by molar-refractivity contribution is 6.09. The van der Waals surface area contributed by atoms with Crippen LogP contribution in [0.15, 0.2) is 36.4 Å². The van der Waals surface area contributed by atoms with E-state index in [1.165, 1.54) is 12.8 Å². The molecule has 0 atom stereocenters. The minimum atomic E-state index is 0.0502. The second-order valence-corrected chi connectivity index (χ2v) is 6.75. The van der Waals surface area contributed by atoms with E-state index in [2.05, 4.69) is 23.5 Å². The SMILES string of the molecule is COCCNCc1ccc2c(c1)C(=O)N(c1cccc(C3CC3)n1)C2. The van der Waals surface area contributed by atoms with Crippen LogP contribution in [0.2, 0.25) is 0 Å². The second-order valence-electron chi connectivity index (χ2n) is 6.75. The Labute approximate surface area is 148 Å². The van der Waals surface area contributed by atoms with Crippen molar-refractivity contribution in [2.24, 2.45) is 0 Å². The molecule has 2 aromatic rings. The van der Waals surface area contributed by atoms with Gasteiger partial charge in [-0.3, -0.25) is 9.69 Å². The summed E-state index contributed by atoms with van der Waals surface area (Å²) in [5, 5.41) is 3.32. The van der Waals surface area contributed by atoms with Gasteiger partial charge in [-0.1, -0.05) is 18.2 Å². The van der Waals surface area contributed by atoms with E-state index in [-0.39, 0.29) is 5.91 Å². The van der Waals surface area contributed by atoms with Crippen LogP contribution in [0.25, 0.3) is 0 Å². The maximum absolute atomic E-state index is 12.9. The number of anilines is 1. The van der Waals surface area contributed by atoms with Crippen molar-refractivity contribution in [2.45, 2.75) is 31.8 Å². The molecule has 25 heavy (non-hydrogen) atoms. The van der Waals surface area contributed by atoms with Gasteiger partial charge in [0.05, 0.1) is 13.2 Å². The molecule has 2 aliphatic rings. The fourth-order valence-corrected chi connectivity index (χ4v) is 3.25. The summed E-state index contributed by atoms with van der Waals surface area (Å²) in [5.74, 6) is 1.41. The Balaban J connectivity index is 1.50. The fraction of sp³-hybridized carbons (Fsp3) is 0.400. The van der Waals surface area contributed by atoms with E-state index >= 15 is 0 Å². The van der Waals surface area contributed by atoms with Gasteiger partial charge in [0.15, 0.2) is 0 Å². The number of methoxy groups -OCH3 is 1. The van der Waals surface area contributed by atoms with Crippen LogP contribution in [0.3, 0.4) is 0 Å². The molecule has 1 saturated carbocycles. The number of hydrogen-bond donors (Lipinski definition) is 1. The average Bonchev–Trinajstić information content (AvgIpc) is 3.44. The third kappa shape index (κ3) is 3.43. The predicted molar refractivity (Wildman–Crippen MR) is 96.8 cm³/mol. The lowest BCUT2D eigenvalue weighted by Crippen LogP contribution is -2.24. The number of rotatable bonds is 7. The minimum Gasteiger partial charge on any atom is -0.383 e. The summed E-state index contributed by atoms with van der Waals surface area (Å²) in [6.45, 7) is 2.82. The topological polar surface area (TPSA) is 54.5 Å². The lowest BCUT2D eigenvalue weighted by atomic mass is 10.1. The molecule has 1 aromatic heterocycles. The molecule has 130 valence electrons. The van der Waals surface area contributed by atoms with Crippen molar-refractivity contribution in [3.05, 3.63) is 58.8 Å². The van der Waals surface area contributed by atoms with Gasteiger partial charge in [-0.15, -0.1) is 0 Å². The number of carbonyl (C=O) groups excluding carboxylic acids is 1. The van der Waals surface area contributed by atoms with E-state index in [0.717, 1.165) is 41.3 Å². The third-order valence-corrected chi connectivity index (χ3v) is 4.82. The minimum absolute atomic E-state index is 0.0502. The average molecular weight is 337 g/mol. The number of ether oxygens (including phenoxy) is 1. The summed E-state index contributed by atoms with van der Waals surface area (Å²) in [5.41, 5.74) is 4.10. The molecular weight excluding hydrogens is 314 g/mol. The van der Waals surface area contributed by atoms with Gasteiger partial charge >= 0.3 is 0 Å². The van der Waals surface area contributed by atoms with Gasteiger partial charge in [-0.2, -0.15) is 0 Å². The molecule has 0 radical (unpaired) electrons. The first-order chi connectivity index (χ1) is 12.3. The Kier molecular flexibility index (Phi) is 4.51. The Bertz CT molecular complexity index is 786. The lowest BCUT2D eigenvalue weighted by molar-refractivity contribution is 0.0996. The van der Waals surface area contributed by atoms with Crippen LogP contribution in [0.1, 0.15) is 45.9 Å². The molecule has 0 spiro atoms. The number of amides is 1. The molecule has 2 heterocycles. The normalized spacial score (nSPS) is 16.4. The molecule has 0 saturated heterocycles. The van der Waals surface area contributed by atoms with Crippen LogP contribution in [-0.2, 0) is 17.8 Å². The second kappa shape index (κ2) is 6.94. The van der Waals surface area contributed by atoms with E-state index in [1.54, 1.807) is 12.0 Å². The molecule has 0 unspecified atom stereocenters. The predicted octanol–water partition coefficient (Wildman–Crippen LogP) is 2.86. The summed E-state index contributed by atoms with van der Waals surface area (Å²) >= 11 is 0. The first-order valence-corrected chi connectivity index (χ1v) is 8.86. The first kappa shape index (κ1) is 16.2. The monoisotopic (exact) mass is 337 g/mol. The molecule has 1 fully saturated rings. The molecule has 1 N–H and O–H groups in total. The van der Waals surface area contributed by atoms with Crippen LogP contribution in [-0.4, -0.2) is 31.2 Å². The van der Waals surface area contributed by atoms with Gasteiger partial charge in [-0.25, -0.2) is 4.98 Å². The quantitative estimate of drug-likeness (QED) is 0.790. The molecule has 5 nitrogen and oxygen atoms in total. The number of fused-ring (bicyclic) bond motifs is 1. The van der Waals surface area contributed by atoms with Crippen molar-refractivity contribution in [1.82, 2.24) is 10.3 Å². The van der Waals surface area contributed by atoms with Crippen molar-refractivity contribution in [2.75, 3.05) is 25.2 Å². The third-order valence-electron chi connectivity index (χ3n) is 4.82. The summed E-state index contributed by atoms with van der Waals surface area (Å²) < 4.78 is 5.03. The molecule has 1 aromatic carbocycles.